The lowest BCUT2D eigenvalue weighted by Crippen LogP contribution is -2.03. The van der Waals surface area contributed by atoms with Gasteiger partial charge in [0.25, 0.3) is 5.89 Å². The minimum absolute atomic E-state index is 0.0736. The van der Waals surface area contributed by atoms with Crippen LogP contribution in [0.2, 0.25) is 0 Å². The number of hydrogen-bond donors (Lipinski definition) is 1. The van der Waals surface area contributed by atoms with Crippen molar-refractivity contribution in [3.05, 3.63) is 57.9 Å². The Morgan fingerprint density at radius 1 is 1.08 bits per heavy atom. The molecule has 3 aromatic rings. The molecule has 2 aromatic carbocycles. The molecule has 0 aliphatic rings. The van der Waals surface area contributed by atoms with E-state index in [4.69, 9.17) is 4.52 Å². The summed E-state index contributed by atoms with van der Waals surface area (Å²) < 4.78 is 19.6. The van der Waals surface area contributed by atoms with E-state index in [2.05, 4.69) is 10.1 Å². The normalized spacial score (nSPS) is 10.9. The van der Waals surface area contributed by atoms with Crippen LogP contribution in [0, 0.1) is 33.5 Å². The van der Waals surface area contributed by atoms with Gasteiger partial charge in [-0.2, -0.15) is 4.98 Å². The molecule has 0 fully saturated rings. The van der Waals surface area contributed by atoms with E-state index in [-0.39, 0.29) is 22.8 Å². The number of aromatic nitrogens is 2. The maximum Gasteiger partial charge on any atom is 0.335 e. The number of rotatable bonds is 3. The van der Waals surface area contributed by atoms with Crippen molar-refractivity contribution in [1.29, 1.82) is 0 Å². The summed E-state index contributed by atoms with van der Waals surface area (Å²) in [5.74, 6) is -1.14. The Morgan fingerprint density at radius 2 is 1.80 bits per heavy atom. The van der Waals surface area contributed by atoms with E-state index in [0.717, 1.165) is 11.1 Å². The molecule has 0 bridgehead atoms. The van der Waals surface area contributed by atoms with Crippen molar-refractivity contribution >= 4 is 5.97 Å². The molecule has 0 unspecified atom stereocenters. The molecule has 128 valence electrons. The van der Waals surface area contributed by atoms with Crippen LogP contribution in [0.25, 0.3) is 22.8 Å². The third kappa shape index (κ3) is 2.91. The van der Waals surface area contributed by atoms with Gasteiger partial charge in [-0.3, -0.25) is 0 Å². The highest BCUT2D eigenvalue weighted by Crippen LogP contribution is 2.31. The maximum absolute atomic E-state index is 14.3. The van der Waals surface area contributed by atoms with Gasteiger partial charge in [-0.05, 0) is 62.1 Å². The number of benzene rings is 2. The highest BCUT2D eigenvalue weighted by Gasteiger charge is 2.21. The molecule has 0 saturated heterocycles. The fourth-order valence-corrected chi connectivity index (χ4v) is 3.04. The zero-order valence-electron chi connectivity index (χ0n) is 14.3. The Hall–Kier alpha value is -3.02. The molecule has 0 atom stereocenters. The molecule has 1 heterocycles. The van der Waals surface area contributed by atoms with E-state index in [1.807, 2.05) is 19.9 Å². The Kier molecular flexibility index (Phi) is 4.12. The minimum atomic E-state index is -1.03. The Balaban J connectivity index is 2.16. The molecule has 0 spiro atoms. The molecule has 0 aliphatic carbocycles. The second-order valence-electron chi connectivity index (χ2n) is 6.10. The van der Waals surface area contributed by atoms with Crippen LogP contribution in [-0.4, -0.2) is 21.2 Å². The lowest BCUT2D eigenvalue weighted by Gasteiger charge is -2.08. The molecule has 0 radical (unpaired) electrons. The number of carboxylic acid groups (broad SMARTS) is 1. The van der Waals surface area contributed by atoms with Crippen molar-refractivity contribution in [2.75, 3.05) is 0 Å². The molecule has 1 N–H and O–H groups in total. The van der Waals surface area contributed by atoms with Crippen molar-refractivity contribution in [3.63, 3.8) is 0 Å². The van der Waals surface area contributed by atoms with Gasteiger partial charge in [0.15, 0.2) is 0 Å². The van der Waals surface area contributed by atoms with Crippen molar-refractivity contribution in [1.82, 2.24) is 10.1 Å². The maximum atomic E-state index is 14.3. The van der Waals surface area contributed by atoms with E-state index in [1.165, 1.54) is 6.07 Å². The Bertz CT molecular complexity index is 969. The number of carbonyl (C=O) groups is 1. The van der Waals surface area contributed by atoms with Gasteiger partial charge >= 0.3 is 5.97 Å². The summed E-state index contributed by atoms with van der Waals surface area (Å²) >= 11 is 0. The van der Waals surface area contributed by atoms with E-state index in [9.17, 15) is 14.3 Å². The summed E-state index contributed by atoms with van der Waals surface area (Å²) in [6.45, 7) is 7.11. The van der Waals surface area contributed by atoms with Crippen LogP contribution in [0.5, 0.6) is 0 Å². The minimum Gasteiger partial charge on any atom is -0.478 e. The highest BCUT2D eigenvalue weighted by molar-refractivity contribution is 5.92. The summed E-state index contributed by atoms with van der Waals surface area (Å²) in [6, 6.07) is 6.48. The second kappa shape index (κ2) is 6.12. The van der Waals surface area contributed by atoms with Crippen molar-refractivity contribution in [2.24, 2.45) is 0 Å². The molecule has 0 saturated carbocycles. The zero-order valence-corrected chi connectivity index (χ0v) is 14.3. The van der Waals surface area contributed by atoms with Crippen LogP contribution in [0.4, 0.5) is 4.39 Å². The average molecular weight is 340 g/mol. The van der Waals surface area contributed by atoms with Gasteiger partial charge in [0.05, 0.1) is 11.1 Å². The van der Waals surface area contributed by atoms with Gasteiger partial charge in [0.1, 0.15) is 5.82 Å². The van der Waals surface area contributed by atoms with Gasteiger partial charge in [0, 0.05) is 5.56 Å². The summed E-state index contributed by atoms with van der Waals surface area (Å²) in [5.41, 5.74) is 3.87. The van der Waals surface area contributed by atoms with Crippen molar-refractivity contribution < 1.29 is 18.8 Å². The Morgan fingerprint density at radius 3 is 2.44 bits per heavy atom. The lowest BCUT2D eigenvalue weighted by molar-refractivity contribution is 0.0696. The molecule has 0 amide bonds. The van der Waals surface area contributed by atoms with Gasteiger partial charge < -0.3 is 9.63 Å². The smallest absolute Gasteiger partial charge is 0.335 e. The van der Waals surface area contributed by atoms with Gasteiger partial charge in [-0.25, -0.2) is 9.18 Å². The summed E-state index contributed by atoms with van der Waals surface area (Å²) in [4.78, 5) is 15.7. The molecular weight excluding hydrogens is 323 g/mol. The predicted octanol–water partition coefficient (Wildman–Crippen LogP) is 4.47. The zero-order chi connectivity index (χ0) is 18.3. The lowest BCUT2D eigenvalue weighted by atomic mass is 9.97. The fourth-order valence-electron chi connectivity index (χ4n) is 3.04. The quantitative estimate of drug-likeness (QED) is 0.761. The first kappa shape index (κ1) is 16.8. The molecular formula is C19H17FN2O3. The van der Waals surface area contributed by atoms with Crippen LogP contribution in [0.15, 0.2) is 28.8 Å². The van der Waals surface area contributed by atoms with E-state index in [1.54, 1.807) is 26.0 Å². The molecule has 0 aliphatic heterocycles. The van der Waals surface area contributed by atoms with E-state index in [0.29, 0.717) is 16.7 Å². The van der Waals surface area contributed by atoms with Gasteiger partial charge in [-0.1, -0.05) is 17.3 Å². The first-order chi connectivity index (χ1) is 11.8. The molecule has 3 rings (SSSR count). The van der Waals surface area contributed by atoms with E-state index < -0.39 is 11.8 Å². The number of hydrogen-bond acceptors (Lipinski definition) is 4. The number of carboxylic acids is 1. The SMILES string of the molecule is Cc1cc(C)c(-c2nc(-c3c(C)ccc(C(=O)O)c3C)no2)c(F)c1. The van der Waals surface area contributed by atoms with Crippen LogP contribution < -0.4 is 0 Å². The van der Waals surface area contributed by atoms with Gasteiger partial charge in [0.2, 0.25) is 5.82 Å². The number of halogens is 1. The molecule has 25 heavy (non-hydrogen) atoms. The first-order valence-corrected chi connectivity index (χ1v) is 7.74. The van der Waals surface area contributed by atoms with E-state index >= 15 is 0 Å². The summed E-state index contributed by atoms with van der Waals surface area (Å²) in [6.07, 6.45) is 0. The van der Waals surface area contributed by atoms with Crippen LogP contribution in [0.1, 0.15) is 32.6 Å². The Labute approximate surface area is 144 Å². The monoisotopic (exact) mass is 340 g/mol. The average Bonchev–Trinajstić information content (AvgIpc) is 2.95. The van der Waals surface area contributed by atoms with Crippen LogP contribution >= 0.6 is 0 Å². The largest absolute Gasteiger partial charge is 0.478 e. The topological polar surface area (TPSA) is 76.2 Å². The molecule has 5 nitrogen and oxygen atoms in total. The summed E-state index contributed by atoms with van der Waals surface area (Å²) in [7, 11) is 0. The van der Waals surface area contributed by atoms with Gasteiger partial charge in [-0.15, -0.1) is 0 Å². The fraction of sp³-hybridized carbons (Fsp3) is 0.211. The molecule has 6 heteroatoms. The van der Waals surface area contributed by atoms with Crippen LogP contribution in [-0.2, 0) is 0 Å². The molecule has 1 aromatic heterocycles. The standard InChI is InChI=1S/C19H17FN2O3/c1-9-7-11(3)16(14(20)8-9)18-21-17(22-25-18)15-10(2)5-6-13(12(15)4)19(23)24/h5-8H,1-4H3,(H,23,24). The number of nitrogens with zero attached hydrogens (tertiary/aromatic N) is 2. The van der Waals surface area contributed by atoms with Crippen LogP contribution in [0.3, 0.4) is 0 Å². The number of aryl methyl sites for hydroxylation is 3. The van der Waals surface area contributed by atoms with Crippen molar-refractivity contribution in [3.8, 4) is 22.8 Å². The second-order valence-corrected chi connectivity index (χ2v) is 6.10. The third-order valence-electron chi connectivity index (χ3n) is 4.20. The third-order valence-corrected chi connectivity index (χ3v) is 4.20. The highest BCUT2D eigenvalue weighted by atomic mass is 19.1. The van der Waals surface area contributed by atoms with Crippen molar-refractivity contribution in [2.45, 2.75) is 27.7 Å². The summed E-state index contributed by atoms with van der Waals surface area (Å²) in [5, 5.41) is 13.2. The first-order valence-electron chi connectivity index (χ1n) is 7.74. The number of aromatic carboxylic acids is 1. The predicted molar refractivity (Wildman–Crippen MR) is 91.0 cm³/mol.